The van der Waals surface area contributed by atoms with Crippen molar-refractivity contribution >= 4 is 11.9 Å². The second-order valence-electron chi connectivity index (χ2n) is 3.88. The molecule has 0 bridgehead atoms. The molecule has 0 aromatic heterocycles. The van der Waals surface area contributed by atoms with Crippen LogP contribution in [0.1, 0.15) is 53.4 Å². The summed E-state index contributed by atoms with van der Waals surface area (Å²) in [5.41, 5.74) is 0. The van der Waals surface area contributed by atoms with E-state index in [0.717, 1.165) is 25.7 Å². The third-order valence-corrected chi connectivity index (χ3v) is 2.48. The van der Waals surface area contributed by atoms with E-state index in [1.165, 1.54) is 0 Å². The van der Waals surface area contributed by atoms with E-state index in [9.17, 15) is 9.59 Å². The maximum Gasteiger partial charge on any atom is 0.306 e. The fraction of sp³-hybridized carbons (Fsp3) is 0.833. The van der Waals surface area contributed by atoms with Crippen molar-refractivity contribution in [3.63, 3.8) is 0 Å². The fourth-order valence-electron chi connectivity index (χ4n) is 1.19. The topological polar surface area (TPSA) is 74.6 Å². The van der Waals surface area contributed by atoms with Crippen molar-refractivity contribution in [1.29, 1.82) is 0 Å². The van der Waals surface area contributed by atoms with Gasteiger partial charge in [0.05, 0.1) is 11.8 Å². The molecule has 4 nitrogen and oxygen atoms in total. The molecule has 96 valence electrons. The third kappa shape index (κ3) is 9.49. The molecule has 0 saturated heterocycles. The van der Waals surface area contributed by atoms with Gasteiger partial charge in [0.2, 0.25) is 0 Å². The molecule has 2 N–H and O–H groups in total. The van der Waals surface area contributed by atoms with Crippen LogP contribution in [-0.4, -0.2) is 22.2 Å². The number of carbonyl (C=O) groups is 2. The number of carboxylic acids is 2. The summed E-state index contributed by atoms with van der Waals surface area (Å²) >= 11 is 0. The SMILES string of the molecule is CCC(CC)C(=O)O.CCCC(C)C(=O)O. The molecule has 0 spiro atoms. The minimum absolute atomic E-state index is 0.130. The summed E-state index contributed by atoms with van der Waals surface area (Å²) in [7, 11) is 0. The van der Waals surface area contributed by atoms with Gasteiger partial charge in [-0.2, -0.15) is 0 Å². The van der Waals surface area contributed by atoms with Crippen molar-refractivity contribution in [2.75, 3.05) is 0 Å². The van der Waals surface area contributed by atoms with E-state index < -0.39 is 11.9 Å². The van der Waals surface area contributed by atoms with E-state index in [1.807, 2.05) is 20.8 Å². The average Bonchev–Trinajstić information content (AvgIpc) is 2.20. The molecule has 0 radical (unpaired) electrons. The second kappa shape index (κ2) is 10.5. The van der Waals surface area contributed by atoms with Gasteiger partial charge in [-0.3, -0.25) is 9.59 Å². The Morgan fingerprint density at radius 3 is 1.50 bits per heavy atom. The molecular weight excluding hydrogens is 208 g/mol. The minimum Gasteiger partial charge on any atom is -0.481 e. The van der Waals surface area contributed by atoms with Crippen LogP contribution in [-0.2, 0) is 9.59 Å². The van der Waals surface area contributed by atoms with Crippen LogP contribution in [0.4, 0.5) is 0 Å². The van der Waals surface area contributed by atoms with Crippen molar-refractivity contribution in [3.05, 3.63) is 0 Å². The van der Waals surface area contributed by atoms with Gasteiger partial charge in [0.15, 0.2) is 0 Å². The van der Waals surface area contributed by atoms with Crippen molar-refractivity contribution < 1.29 is 19.8 Å². The van der Waals surface area contributed by atoms with Crippen LogP contribution in [0.25, 0.3) is 0 Å². The minimum atomic E-state index is -0.688. The first-order valence-corrected chi connectivity index (χ1v) is 5.86. The zero-order chi connectivity index (χ0) is 13.1. The quantitative estimate of drug-likeness (QED) is 0.738. The lowest BCUT2D eigenvalue weighted by Crippen LogP contribution is -2.10. The lowest BCUT2D eigenvalue weighted by Gasteiger charge is -2.02. The normalized spacial score (nSPS) is 11.6. The van der Waals surface area contributed by atoms with Crippen LogP contribution >= 0.6 is 0 Å². The molecular formula is C12H24O4. The Kier molecular flexibility index (Phi) is 11.3. The largest absolute Gasteiger partial charge is 0.481 e. The van der Waals surface area contributed by atoms with Gasteiger partial charge in [-0.25, -0.2) is 0 Å². The van der Waals surface area contributed by atoms with Crippen molar-refractivity contribution in [3.8, 4) is 0 Å². The Labute approximate surface area is 97.7 Å². The summed E-state index contributed by atoms with van der Waals surface area (Å²) in [5.74, 6) is -1.66. The van der Waals surface area contributed by atoms with Gasteiger partial charge >= 0.3 is 11.9 Å². The highest BCUT2D eigenvalue weighted by molar-refractivity contribution is 5.69. The Balaban J connectivity index is 0. The first-order chi connectivity index (χ1) is 7.40. The van der Waals surface area contributed by atoms with Crippen molar-refractivity contribution in [1.82, 2.24) is 0 Å². The van der Waals surface area contributed by atoms with Crippen LogP contribution in [0.15, 0.2) is 0 Å². The predicted octanol–water partition coefficient (Wildman–Crippen LogP) is 3.01. The van der Waals surface area contributed by atoms with E-state index in [0.29, 0.717) is 0 Å². The summed E-state index contributed by atoms with van der Waals surface area (Å²) in [5, 5.41) is 16.7. The first-order valence-electron chi connectivity index (χ1n) is 5.86. The molecule has 0 fully saturated rings. The van der Waals surface area contributed by atoms with E-state index in [2.05, 4.69) is 0 Å². The summed E-state index contributed by atoms with van der Waals surface area (Å²) < 4.78 is 0. The Morgan fingerprint density at radius 1 is 1.00 bits per heavy atom. The molecule has 0 aliphatic heterocycles. The van der Waals surface area contributed by atoms with Gasteiger partial charge in [-0.05, 0) is 19.3 Å². The summed E-state index contributed by atoms with van der Waals surface area (Å²) in [4.78, 5) is 20.3. The standard InChI is InChI=1S/2C6H12O2/c1-3-4-5(2)6(7)8;1-3-5(4-2)6(7)8/h2*5H,3-4H2,1-2H3,(H,7,8). The number of aliphatic carboxylic acids is 2. The maximum atomic E-state index is 10.2. The van der Waals surface area contributed by atoms with Crippen molar-refractivity contribution in [2.45, 2.75) is 53.4 Å². The van der Waals surface area contributed by atoms with E-state index in [4.69, 9.17) is 10.2 Å². The molecule has 0 aliphatic rings. The molecule has 0 rings (SSSR count). The fourth-order valence-corrected chi connectivity index (χ4v) is 1.19. The molecule has 16 heavy (non-hydrogen) atoms. The van der Waals surface area contributed by atoms with Crippen LogP contribution < -0.4 is 0 Å². The number of rotatable bonds is 6. The highest BCUT2D eigenvalue weighted by atomic mass is 16.4. The predicted molar refractivity (Wildman–Crippen MR) is 63.4 cm³/mol. The Hall–Kier alpha value is -1.06. The van der Waals surface area contributed by atoms with Crippen LogP contribution in [0.5, 0.6) is 0 Å². The van der Waals surface area contributed by atoms with Gasteiger partial charge in [0.25, 0.3) is 0 Å². The van der Waals surface area contributed by atoms with Crippen LogP contribution in [0, 0.1) is 11.8 Å². The number of carboxylic acid groups (broad SMARTS) is 2. The van der Waals surface area contributed by atoms with E-state index in [1.54, 1.807) is 6.92 Å². The number of hydrogen-bond donors (Lipinski definition) is 2. The average molecular weight is 232 g/mol. The highest BCUT2D eigenvalue weighted by Crippen LogP contribution is 2.05. The lowest BCUT2D eigenvalue weighted by molar-refractivity contribution is -0.142. The second-order valence-corrected chi connectivity index (χ2v) is 3.88. The summed E-state index contributed by atoms with van der Waals surface area (Å²) in [6, 6.07) is 0. The van der Waals surface area contributed by atoms with Crippen LogP contribution in [0.3, 0.4) is 0 Å². The molecule has 0 aromatic rings. The third-order valence-electron chi connectivity index (χ3n) is 2.48. The number of hydrogen-bond acceptors (Lipinski definition) is 2. The van der Waals surface area contributed by atoms with Gasteiger partial charge in [-0.15, -0.1) is 0 Å². The highest BCUT2D eigenvalue weighted by Gasteiger charge is 2.10. The molecule has 0 aliphatic carbocycles. The van der Waals surface area contributed by atoms with E-state index >= 15 is 0 Å². The molecule has 0 heterocycles. The zero-order valence-corrected chi connectivity index (χ0v) is 10.7. The van der Waals surface area contributed by atoms with Gasteiger partial charge in [-0.1, -0.05) is 34.1 Å². The van der Waals surface area contributed by atoms with Gasteiger partial charge in [0.1, 0.15) is 0 Å². The Bertz CT molecular complexity index is 197. The smallest absolute Gasteiger partial charge is 0.306 e. The van der Waals surface area contributed by atoms with Crippen LogP contribution in [0.2, 0.25) is 0 Å². The molecule has 1 atom stereocenters. The van der Waals surface area contributed by atoms with Crippen molar-refractivity contribution in [2.24, 2.45) is 11.8 Å². The molecule has 4 heteroatoms. The molecule has 0 amide bonds. The van der Waals surface area contributed by atoms with E-state index in [-0.39, 0.29) is 11.8 Å². The maximum absolute atomic E-state index is 10.2. The first kappa shape index (κ1) is 17.3. The summed E-state index contributed by atoms with van der Waals surface area (Å²) in [6.07, 6.45) is 3.22. The summed E-state index contributed by atoms with van der Waals surface area (Å²) in [6.45, 7) is 7.50. The molecule has 1 unspecified atom stereocenters. The Morgan fingerprint density at radius 2 is 1.44 bits per heavy atom. The van der Waals surface area contributed by atoms with Gasteiger partial charge in [0, 0.05) is 0 Å². The van der Waals surface area contributed by atoms with Gasteiger partial charge < -0.3 is 10.2 Å². The monoisotopic (exact) mass is 232 g/mol. The molecule has 0 saturated carbocycles. The zero-order valence-electron chi connectivity index (χ0n) is 10.7. The molecule has 0 aromatic carbocycles. The lowest BCUT2D eigenvalue weighted by atomic mass is 10.1.